The normalized spacial score (nSPS) is 14.3. The number of rotatable bonds is 3. The van der Waals surface area contributed by atoms with Crippen LogP contribution in [0.4, 0.5) is 0 Å². The first-order valence-corrected chi connectivity index (χ1v) is 5.20. The van der Waals surface area contributed by atoms with Crippen molar-refractivity contribution >= 4 is 0 Å². The predicted octanol–water partition coefficient (Wildman–Crippen LogP) is 2.92. The summed E-state index contributed by atoms with van der Waals surface area (Å²) in [6.45, 7) is 5.89. The summed E-state index contributed by atoms with van der Waals surface area (Å²) in [7, 11) is 0. The number of hydrogen-bond acceptors (Lipinski definition) is 1. The van der Waals surface area contributed by atoms with Crippen molar-refractivity contribution < 1.29 is 5.11 Å². The van der Waals surface area contributed by atoms with Crippen LogP contribution in [-0.2, 0) is 5.60 Å². The Balaban J connectivity index is 2.99. The van der Waals surface area contributed by atoms with Gasteiger partial charge in [0.15, 0.2) is 0 Å². The van der Waals surface area contributed by atoms with Crippen molar-refractivity contribution in [2.24, 2.45) is 0 Å². The monoisotopic (exact) mass is 202 g/mol. The zero-order valence-electron chi connectivity index (χ0n) is 9.67. The summed E-state index contributed by atoms with van der Waals surface area (Å²) in [6, 6.07) is 6.13. The molecule has 0 saturated carbocycles. The van der Waals surface area contributed by atoms with Gasteiger partial charge in [-0.25, -0.2) is 0 Å². The second-order valence-corrected chi connectivity index (χ2v) is 4.35. The number of benzene rings is 1. The predicted molar refractivity (Wildman–Crippen MR) is 63.6 cm³/mol. The minimum atomic E-state index is -0.816. The fourth-order valence-corrected chi connectivity index (χ4v) is 1.75. The average Bonchev–Trinajstić information content (AvgIpc) is 2.13. The van der Waals surface area contributed by atoms with Gasteiger partial charge >= 0.3 is 0 Å². The third-order valence-electron chi connectivity index (χ3n) is 2.60. The molecule has 0 aliphatic carbocycles. The van der Waals surface area contributed by atoms with Gasteiger partial charge in [-0.2, -0.15) is 0 Å². The molecule has 0 aliphatic rings. The molecule has 1 rings (SSSR count). The van der Waals surface area contributed by atoms with Crippen molar-refractivity contribution in [3.63, 3.8) is 0 Å². The number of aryl methyl sites for hydroxylation is 2. The van der Waals surface area contributed by atoms with Crippen LogP contribution in [0, 0.1) is 26.2 Å². The summed E-state index contributed by atoms with van der Waals surface area (Å²) in [5.41, 5.74) is 2.48. The molecule has 1 unspecified atom stereocenters. The fraction of sp³-hybridized carbons (Fsp3) is 0.429. The second kappa shape index (κ2) is 4.51. The van der Waals surface area contributed by atoms with Crippen LogP contribution in [0.25, 0.3) is 0 Å². The van der Waals surface area contributed by atoms with Crippen molar-refractivity contribution in [2.45, 2.75) is 39.2 Å². The Morgan fingerprint density at radius 1 is 1.27 bits per heavy atom. The van der Waals surface area contributed by atoms with Gasteiger partial charge in [-0.1, -0.05) is 29.3 Å². The quantitative estimate of drug-likeness (QED) is 0.747. The lowest BCUT2D eigenvalue weighted by Gasteiger charge is -2.23. The van der Waals surface area contributed by atoms with Gasteiger partial charge < -0.3 is 5.11 Å². The maximum atomic E-state index is 10.3. The van der Waals surface area contributed by atoms with Crippen molar-refractivity contribution in [3.05, 3.63) is 34.9 Å². The molecule has 15 heavy (non-hydrogen) atoms. The molecule has 1 N–H and O–H groups in total. The Hall–Kier alpha value is -1.26. The molecule has 0 aromatic heterocycles. The highest BCUT2D eigenvalue weighted by Gasteiger charge is 2.22. The highest BCUT2D eigenvalue weighted by Crippen LogP contribution is 2.27. The molecule has 1 aromatic carbocycles. The molecule has 0 amide bonds. The Kier molecular flexibility index (Phi) is 3.55. The zero-order chi connectivity index (χ0) is 11.5. The first kappa shape index (κ1) is 11.8. The molecule has 80 valence electrons. The Bertz CT molecular complexity index is 363. The molecule has 0 heterocycles. The van der Waals surface area contributed by atoms with Gasteiger partial charge in [-0.3, -0.25) is 0 Å². The Labute approximate surface area is 92.1 Å². The van der Waals surface area contributed by atoms with Gasteiger partial charge in [0.05, 0.1) is 5.60 Å². The van der Waals surface area contributed by atoms with E-state index < -0.39 is 5.60 Å². The van der Waals surface area contributed by atoms with E-state index in [9.17, 15) is 5.11 Å². The Morgan fingerprint density at radius 2 is 1.80 bits per heavy atom. The van der Waals surface area contributed by atoms with Gasteiger partial charge in [0.2, 0.25) is 0 Å². The van der Waals surface area contributed by atoms with Crippen molar-refractivity contribution in [1.82, 2.24) is 0 Å². The lowest BCUT2D eigenvalue weighted by Crippen LogP contribution is -2.21. The highest BCUT2D eigenvalue weighted by atomic mass is 16.3. The van der Waals surface area contributed by atoms with E-state index in [2.05, 4.69) is 12.0 Å². The molecule has 1 aromatic rings. The Morgan fingerprint density at radius 3 is 2.27 bits per heavy atom. The molecule has 0 spiro atoms. The summed E-state index contributed by atoms with van der Waals surface area (Å²) in [4.78, 5) is 0. The van der Waals surface area contributed by atoms with Gasteiger partial charge in [-0.05, 0) is 32.8 Å². The van der Waals surface area contributed by atoms with E-state index in [0.717, 1.165) is 5.56 Å². The minimum Gasteiger partial charge on any atom is -0.385 e. The zero-order valence-corrected chi connectivity index (χ0v) is 9.67. The van der Waals surface area contributed by atoms with Gasteiger partial charge in [-0.15, -0.1) is 12.3 Å². The number of aliphatic hydroxyl groups is 1. The van der Waals surface area contributed by atoms with Crippen molar-refractivity contribution in [3.8, 4) is 12.3 Å². The van der Waals surface area contributed by atoms with E-state index in [-0.39, 0.29) is 0 Å². The van der Waals surface area contributed by atoms with Crippen LogP contribution in [0.5, 0.6) is 0 Å². The largest absolute Gasteiger partial charge is 0.385 e. The van der Waals surface area contributed by atoms with Gasteiger partial charge in [0.25, 0.3) is 0 Å². The third-order valence-corrected chi connectivity index (χ3v) is 2.60. The van der Waals surface area contributed by atoms with E-state index in [1.807, 2.05) is 32.9 Å². The van der Waals surface area contributed by atoms with Crippen molar-refractivity contribution in [2.75, 3.05) is 0 Å². The lowest BCUT2D eigenvalue weighted by molar-refractivity contribution is 0.0493. The molecule has 0 saturated heterocycles. The molecule has 0 radical (unpaired) electrons. The van der Waals surface area contributed by atoms with Crippen LogP contribution >= 0.6 is 0 Å². The fourth-order valence-electron chi connectivity index (χ4n) is 1.75. The minimum absolute atomic E-state index is 0.597. The number of hydrogen-bond donors (Lipinski definition) is 1. The summed E-state index contributed by atoms with van der Waals surface area (Å²) >= 11 is 0. The topological polar surface area (TPSA) is 20.2 Å². The average molecular weight is 202 g/mol. The first-order chi connectivity index (χ1) is 6.95. The SMILES string of the molecule is C#CCCC(C)(O)c1cc(C)cc(C)c1. The van der Waals surface area contributed by atoms with E-state index in [1.54, 1.807) is 0 Å². The third kappa shape index (κ3) is 3.11. The smallest absolute Gasteiger partial charge is 0.0877 e. The maximum Gasteiger partial charge on any atom is 0.0877 e. The summed E-state index contributed by atoms with van der Waals surface area (Å²) in [6.07, 6.45) is 6.41. The maximum absolute atomic E-state index is 10.3. The van der Waals surface area contributed by atoms with E-state index in [0.29, 0.717) is 12.8 Å². The van der Waals surface area contributed by atoms with E-state index in [1.165, 1.54) is 11.1 Å². The van der Waals surface area contributed by atoms with Crippen LogP contribution in [0.3, 0.4) is 0 Å². The van der Waals surface area contributed by atoms with Gasteiger partial charge in [0.1, 0.15) is 0 Å². The first-order valence-electron chi connectivity index (χ1n) is 5.20. The molecule has 1 atom stereocenters. The van der Waals surface area contributed by atoms with Crippen LogP contribution in [0.2, 0.25) is 0 Å². The molecule has 1 nitrogen and oxygen atoms in total. The summed E-state index contributed by atoms with van der Waals surface area (Å²) in [5, 5.41) is 10.3. The van der Waals surface area contributed by atoms with Crippen LogP contribution in [-0.4, -0.2) is 5.11 Å². The lowest BCUT2D eigenvalue weighted by atomic mass is 9.89. The molecule has 0 bridgehead atoms. The summed E-state index contributed by atoms with van der Waals surface area (Å²) in [5.74, 6) is 2.56. The second-order valence-electron chi connectivity index (χ2n) is 4.35. The summed E-state index contributed by atoms with van der Waals surface area (Å²) < 4.78 is 0. The van der Waals surface area contributed by atoms with E-state index >= 15 is 0 Å². The molecule has 0 fully saturated rings. The van der Waals surface area contributed by atoms with Crippen LogP contribution in [0.1, 0.15) is 36.5 Å². The van der Waals surface area contributed by atoms with E-state index in [4.69, 9.17) is 6.42 Å². The van der Waals surface area contributed by atoms with Gasteiger partial charge in [0, 0.05) is 6.42 Å². The van der Waals surface area contributed by atoms with Crippen LogP contribution in [0.15, 0.2) is 18.2 Å². The molecule has 0 aliphatic heterocycles. The highest BCUT2D eigenvalue weighted by molar-refractivity contribution is 5.32. The van der Waals surface area contributed by atoms with Crippen molar-refractivity contribution in [1.29, 1.82) is 0 Å². The molecule has 1 heteroatoms. The molecular weight excluding hydrogens is 184 g/mol. The molecular formula is C14H18O. The standard InChI is InChI=1S/C14H18O/c1-5-6-7-14(4,15)13-9-11(2)8-12(3)10-13/h1,8-10,15H,6-7H2,2-4H3. The van der Waals surface area contributed by atoms with Crippen LogP contribution < -0.4 is 0 Å². The number of terminal acetylenes is 1.